The normalized spacial score (nSPS) is 11.3. The summed E-state index contributed by atoms with van der Waals surface area (Å²) < 4.78 is 43.2. The zero-order chi connectivity index (χ0) is 24.0. The maximum absolute atomic E-state index is 12.7. The number of aromatic nitrogens is 2. The van der Waals surface area contributed by atoms with E-state index in [4.69, 9.17) is 4.74 Å². The van der Waals surface area contributed by atoms with Gasteiger partial charge in [0.25, 0.3) is 0 Å². The molecule has 2 heterocycles. The molecule has 8 heteroatoms. The molecule has 0 spiro atoms. The number of anilines is 1. The first-order valence-corrected chi connectivity index (χ1v) is 11.5. The molecule has 0 atom stereocenters. The number of aryl methyl sites for hydroxylation is 1. The van der Waals surface area contributed by atoms with Crippen LogP contribution in [0.3, 0.4) is 0 Å². The maximum atomic E-state index is 12.7. The highest BCUT2D eigenvalue weighted by molar-refractivity contribution is 7.19. The van der Waals surface area contributed by atoms with Gasteiger partial charge in [-0.1, -0.05) is 41.5 Å². The van der Waals surface area contributed by atoms with Gasteiger partial charge in [0.1, 0.15) is 12.3 Å². The molecule has 2 aromatic heterocycles. The van der Waals surface area contributed by atoms with Crippen LogP contribution in [0.1, 0.15) is 23.2 Å². The van der Waals surface area contributed by atoms with E-state index in [0.717, 1.165) is 50.5 Å². The average molecular weight is 482 g/mol. The number of halogens is 3. The predicted molar refractivity (Wildman–Crippen MR) is 130 cm³/mol. The minimum atomic E-state index is -4.31. The van der Waals surface area contributed by atoms with Crippen LogP contribution in [0, 0.1) is 11.8 Å². The van der Waals surface area contributed by atoms with Gasteiger partial charge in [-0.05, 0) is 59.5 Å². The van der Waals surface area contributed by atoms with E-state index in [-0.39, 0.29) is 0 Å². The zero-order valence-corrected chi connectivity index (χ0v) is 19.3. The van der Waals surface area contributed by atoms with E-state index in [2.05, 4.69) is 33.2 Å². The standard InChI is InChI=1S/C26H22F3N3OS/c1-33-15-3-5-23-24(20-8-9-21-17-30-14-12-19(21)16-20)34-25(32-23)31-13-2-4-18-6-10-22(11-7-18)26(27,28)29/h6-12,14,16-17H,2,4,13,15H2,1H3,(H,31,32). The molecule has 0 bridgehead atoms. The summed E-state index contributed by atoms with van der Waals surface area (Å²) in [5.41, 5.74) is 1.94. The highest BCUT2D eigenvalue weighted by atomic mass is 32.1. The Morgan fingerprint density at radius 3 is 2.65 bits per heavy atom. The van der Waals surface area contributed by atoms with Crippen molar-refractivity contribution >= 4 is 27.2 Å². The number of ether oxygens (including phenoxy) is 1. The number of nitrogens with one attached hydrogen (secondary N) is 1. The van der Waals surface area contributed by atoms with E-state index in [0.29, 0.717) is 25.3 Å². The van der Waals surface area contributed by atoms with Gasteiger partial charge in [-0.15, -0.1) is 0 Å². The summed E-state index contributed by atoms with van der Waals surface area (Å²) in [6.07, 6.45) is 0.710. The summed E-state index contributed by atoms with van der Waals surface area (Å²) in [7, 11) is 1.59. The van der Waals surface area contributed by atoms with Crippen LogP contribution in [-0.4, -0.2) is 30.2 Å². The van der Waals surface area contributed by atoms with E-state index >= 15 is 0 Å². The van der Waals surface area contributed by atoms with Crippen molar-refractivity contribution in [2.75, 3.05) is 25.6 Å². The van der Waals surface area contributed by atoms with Gasteiger partial charge in [0, 0.05) is 31.4 Å². The Balaban J connectivity index is 1.45. The zero-order valence-electron chi connectivity index (χ0n) is 18.4. The fraction of sp³-hybridized carbons (Fsp3) is 0.231. The fourth-order valence-electron chi connectivity index (χ4n) is 3.44. The summed E-state index contributed by atoms with van der Waals surface area (Å²) in [6, 6.07) is 13.4. The first-order valence-electron chi connectivity index (χ1n) is 10.7. The van der Waals surface area contributed by atoms with Crippen molar-refractivity contribution in [3.05, 3.63) is 77.7 Å². The number of nitrogens with zero attached hydrogens (tertiary/aromatic N) is 2. The van der Waals surface area contributed by atoms with Crippen molar-refractivity contribution in [1.29, 1.82) is 0 Å². The minimum absolute atomic E-state index is 0.316. The Labute approximate surface area is 199 Å². The molecule has 0 unspecified atom stereocenters. The Hall–Kier alpha value is -3.41. The number of methoxy groups -OCH3 is 1. The first kappa shape index (κ1) is 23.7. The number of alkyl halides is 3. The summed E-state index contributed by atoms with van der Waals surface area (Å²) in [5, 5.41) is 6.22. The third kappa shape index (κ3) is 5.93. The van der Waals surface area contributed by atoms with Gasteiger partial charge in [-0.3, -0.25) is 4.98 Å². The summed E-state index contributed by atoms with van der Waals surface area (Å²) in [4.78, 5) is 9.79. The molecule has 0 saturated heterocycles. The molecule has 34 heavy (non-hydrogen) atoms. The van der Waals surface area contributed by atoms with E-state index in [1.807, 2.05) is 24.4 Å². The van der Waals surface area contributed by atoms with Crippen LogP contribution in [0.4, 0.5) is 18.3 Å². The Bertz CT molecular complexity index is 1320. The van der Waals surface area contributed by atoms with Crippen LogP contribution in [0.25, 0.3) is 21.2 Å². The maximum Gasteiger partial charge on any atom is 0.416 e. The van der Waals surface area contributed by atoms with Crippen LogP contribution < -0.4 is 5.32 Å². The van der Waals surface area contributed by atoms with Crippen molar-refractivity contribution in [2.45, 2.75) is 19.0 Å². The summed E-state index contributed by atoms with van der Waals surface area (Å²) >= 11 is 1.52. The number of hydrogen-bond donors (Lipinski definition) is 1. The second-order valence-electron chi connectivity index (χ2n) is 7.59. The average Bonchev–Trinajstić information content (AvgIpc) is 3.24. The number of fused-ring (bicyclic) bond motifs is 1. The van der Waals surface area contributed by atoms with Gasteiger partial charge in [0.05, 0.1) is 10.4 Å². The van der Waals surface area contributed by atoms with E-state index < -0.39 is 11.7 Å². The molecule has 4 nitrogen and oxygen atoms in total. The monoisotopic (exact) mass is 481 g/mol. The van der Waals surface area contributed by atoms with Gasteiger partial charge in [-0.2, -0.15) is 13.2 Å². The Morgan fingerprint density at radius 1 is 1.06 bits per heavy atom. The number of thiazole rings is 1. The van der Waals surface area contributed by atoms with E-state index in [1.54, 1.807) is 13.3 Å². The molecule has 0 aliphatic rings. The van der Waals surface area contributed by atoms with Crippen molar-refractivity contribution in [2.24, 2.45) is 0 Å². The van der Waals surface area contributed by atoms with Crippen LogP contribution in [-0.2, 0) is 17.3 Å². The molecule has 1 N–H and O–H groups in total. The molecule has 2 aromatic carbocycles. The minimum Gasteiger partial charge on any atom is -0.372 e. The third-order valence-corrected chi connectivity index (χ3v) is 6.22. The predicted octanol–water partition coefficient (Wildman–Crippen LogP) is 6.42. The van der Waals surface area contributed by atoms with Crippen molar-refractivity contribution in [1.82, 2.24) is 9.97 Å². The smallest absolute Gasteiger partial charge is 0.372 e. The highest BCUT2D eigenvalue weighted by Crippen LogP contribution is 2.34. The lowest BCUT2D eigenvalue weighted by molar-refractivity contribution is -0.137. The van der Waals surface area contributed by atoms with Crippen molar-refractivity contribution in [3.63, 3.8) is 0 Å². The number of pyridine rings is 1. The van der Waals surface area contributed by atoms with Crippen LogP contribution in [0.5, 0.6) is 0 Å². The Kier molecular flexibility index (Phi) is 7.46. The topological polar surface area (TPSA) is 47.0 Å². The first-order chi connectivity index (χ1) is 16.4. The summed E-state index contributed by atoms with van der Waals surface area (Å²) in [5.74, 6) is 6.06. The lowest BCUT2D eigenvalue weighted by atomic mass is 10.1. The van der Waals surface area contributed by atoms with Gasteiger partial charge in [0.15, 0.2) is 5.13 Å². The SMILES string of the molecule is COCC#Cc1nc(NCCCc2ccc(C(F)(F)F)cc2)sc1-c1ccc2cnccc2c1. The lowest BCUT2D eigenvalue weighted by Gasteiger charge is -2.07. The number of benzene rings is 2. The molecule has 174 valence electrons. The Morgan fingerprint density at radius 2 is 1.88 bits per heavy atom. The van der Waals surface area contributed by atoms with Gasteiger partial charge in [-0.25, -0.2) is 4.98 Å². The molecular formula is C26H22F3N3OS. The molecule has 0 aliphatic heterocycles. The fourth-order valence-corrected chi connectivity index (χ4v) is 4.38. The van der Waals surface area contributed by atoms with E-state index in [9.17, 15) is 13.2 Å². The van der Waals surface area contributed by atoms with E-state index in [1.165, 1.54) is 23.5 Å². The molecular weight excluding hydrogens is 459 g/mol. The summed E-state index contributed by atoms with van der Waals surface area (Å²) in [6.45, 7) is 0.957. The third-order valence-electron chi connectivity index (χ3n) is 5.15. The molecule has 4 rings (SSSR count). The van der Waals surface area contributed by atoms with Crippen LogP contribution in [0.2, 0.25) is 0 Å². The van der Waals surface area contributed by atoms with Crippen molar-refractivity contribution < 1.29 is 17.9 Å². The van der Waals surface area contributed by atoms with Crippen LogP contribution >= 0.6 is 11.3 Å². The quantitative estimate of drug-likeness (QED) is 0.244. The molecule has 0 amide bonds. The second kappa shape index (κ2) is 10.7. The molecule has 0 radical (unpaired) electrons. The molecule has 0 saturated carbocycles. The molecule has 0 fully saturated rings. The molecule has 4 aromatic rings. The lowest BCUT2D eigenvalue weighted by Crippen LogP contribution is -2.05. The van der Waals surface area contributed by atoms with Gasteiger partial charge in [0.2, 0.25) is 0 Å². The largest absolute Gasteiger partial charge is 0.416 e. The second-order valence-corrected chi connectivity index (χ2v) is 8.59. The van der Waals surface area contributed by atoms with Gasteiger partial charge < -0.3 is 10.1 Å². The number of rotatable bonds is 7. The van der Waals surface area contributed by atoms with Crippen LogP contribution in [0.15, 0.2) is 60.9 Å². The van der Waals surface area contributed by atoms with Gasteiger partial charge >= 0.3 is 6.18 Å². The number of hydrogen-bond acceptors (Lipinski definition) is 5. The molecule has 0 aliphatic carbocycles. The highest BCUT2D eigenvalue weighted by Gasteiger charge is 2.29. The van der Waals surface area contributed by atoms with Crippen molar-refractivity contribution in [3.8, 4) is 22.3 Å².